The van der Waals surface area contributed by atoms with Crippen molar-refractivity contribution < 1.29 is 18.7 Å². The molecule has 1 aliphatic heterocycles. The Balaban J connectivity index is 1.50. The molecule has 0 aliphatic carbocycles. The number of carbonyl (C=O) groups is 1. The number of hydrogen-bond donors (Lipinski definition) is 1. The van der Waals surface area contributed by atoms with Gasteiger partial charge in [0.15, 0.2) is 6.10 Å². The maximum absolute atomic E-state index is 12.5. The molecule has 2 aromatic heterocycles. The van der Waals surface area contributed by atoms with Gasteiger partial charge in [0, 0.05) is 24.9 Å². The minimum Gasteiger partial charge on any atom is -0.487 e. The van der Waals surface area contributed by atoms with Gasteiger partial charge in [-0.05, 0) is 5.56 Å². The van der Waals surface area contributed by atoms with E-state index in [1.54, 1.807) is 18.3 Å². The number of pyridine rings is 2. The van der Waals surface area contributed by atoms with Crippen molar-refractivity contribution in [1.29, 1.82) is 0 Å². The molecule has 1 aromatic carbocycles. The van der Waals surface area contributed by atoms with Crippen molar-refractivity contribution in [1.82, 2.24) is 14.9 Å². The summed E-state index contributed by atoms with van der Waals surface area (Å²) in [6, 6.07) is 13.4. The van der Waals surface area contributed by atoms with Crippen LogP contribution in [0.15, 0.2) is 48.7 Å². The highest BCUT2D eigenvalue weighted by atomic mass is 35.5. The van der Waals surface area contributed by atoms with Crippen LogP contribution < -0.4 is 10.1 Å². The Morgan fingerprint density at radius 2 is 2.10 bits per heavy atom. The van der Waals surface area contributed by atoms with E-state index in [9.17, 15) is 9.18 Å². The topological polar surface area (TPSA) is 76.6 Å². The third kappa shape index (κ3) is 4.54. The average molecular weight is 431 g/mol. The molecule has 1 fully saturated rings. The zero-order valence-electron chi connectivity index (χ0n) is 16.1. The van der Waals surface area contributed by atoms with Gasteiger partial charge in [0.05, 0.1) is 18.8 Å². The lowest BCUT2D eigenvalue weighted by Gasteiger charge is -2.14. The zero-order chi connectivity index (χ0) is 20.9. The molecule has 30 heavy (non-hydrogen) atoms. The summed E-state index contributed by atoms with van der Waals surface area (Å²) in [4.78, 5) is 21.8. The Morgan fingerprint density at radius 3 is 2.90 bits per heavy atom. The Kier molecular flexibility index (Phi) is 6.13. The van der Waals surface area contributed by atoms with E-state index in [1.807, 2.05) is 30.3 Å². The predicted octanol–water partition coefficient (Wildman–Crippen LogP) is 4.06. The van der Waals surface area contributed by atoms with E-state index in [1.165, 1.54) is 4.90 Å². The van der Waals surface area contributed by atoms with E-state index < -0.39 is 18.9 Å². The smallest absolute Gasteiger partial charge is 0.410 e. The highest BCUT2D eigenvalue weighted by molar-refractivity contribution is 6.30. The molecule has 1 saturated heterocycles. The molecule has 0 spiro atoms. The number of ether oxygens (including phenoxy) is 2. The van der Waals surface area contributed by atoms with Gasteiger partial charge in [0.25, 0.3) is 0 Å². The molecular formula is C21H20ClFN4O3. The molecule has 1 aliphatic rings. The number of alkyl halides is 1. The molecule has 7 nitrogen and oxygen atoms in total. The summed E-state index contributed by atoms with van der Waals surface area (Å²) in [6.07, 6.45) is 0.605. The van der Waals surface area contributed by atoms with Crippen molar-refractivity contribution in [3.63, 3.8) is 0 Å². The molecule has 1 atom stereocenters. The second kappa shape index (κ2) is 9.13. The van der Waals surface area contributed by atoms with Crippen LogP contribution >= 0.6 is 11.6 Å². The molecule has 1 amide bonds. The number of amides is 1. The lowest BCUT2D eigenvalue weighted by Crippen LogP contribution is -2.28. The van der Waals surface area contributed by atoms with Gasteiger partial charge in [0.2, 0.25) is 0 Å². The van der Waals surface area contributed by atoms with Crippen LogP contribution in [0.4, 0.5) is 14.9 Å². The number of anilines is 1. The van der Waals surface area contributed by atoms with E-state index in [-0.39, 0.29) is 19.7 Å². The second-order valence-electron chi connectivity index (χ2n) is 6.79. The van der Waals surface area contributed by atoms with Gasteiger partial charge in [-0.3, -0.25) is 4.98 Å². The Hall–Kier alpha value is -3.13. The van der Waals surface area contributed by atoms with Gasteiger partial charge in [-0.25, -0.2) is 14.2 Å². The molecule has 3 aromatic rings. The summed E-state index contributed by atoms with van der Waals surface area (Å²) in [5.74, 6) is 0.477. The average Bonchev–Trinajstić information content (AvgIpc) is 3.11. The van der Waals surface area contributed by atoms with E-state index >= 15 is 0 Å². The first kappa shape index (κ1) is 20.2. The van der Waals surface area contributed by atoms with Crippen molar-refractivity contribution in [3.8, 4) is 5.75 Å². The van der Waals surface area contributed by atoms with E-state index in [0.717, 1.165) is 11.3 Å². The van der Waals surface area contributed by atoms with Gasteiger partial charge in [0.1, 0.15) is 35.2 Å². The van der Waals surface area contributed by atoms with E-state index in [0.29, 0.717) is 28.5 Å². The number of rotatable bonds is 8. The van der Waals surface area contributed by atoms with Crippen molar-refractivity contribution in [2.45, 2.75) is 12.6 Å². The minimum atomic E-state index is -0.612. The number of cyclic esters (lactones) is 1. The van der Waals surface area contributed by atoms with Crippen LogP contribution in [0, 0.1) is 0 Å². The lowest BCUT2D eigenvalue weighted by atomic mass is 10.2. The number of nitrogens with one attached hydrogen (secondary N) is 1. The SMILES string of the molecule is O=C1OC(COc2ccnc3c(NCc4ccccc4)cc(Cl)nc23)CN1CCF. The number of halogens is 2. The molecule has 156 valence electrons. The Bertz CT molecular complexity index is 1040. The number of carbonyl (C=O) groups excluding carboxylic acids is 1. The van der Waals surface area contributed by atoms with Crippen LogP contribution in [-0.4, -0.2) is 53.4 Å². The third-order valence-electron chi connectivity index (χ3n) is 4.68. The first-order valence-corrected chi connectivity index (χ1v) is 9.89. The van der Waals surface area contributed by atoms with Crippen LogP contribution in [0.1, 0.15) is 5.56 Å². The second-order valence-corrected chi connectivity index (χ2v) is 7.18. The quantitative estimate of drug-likeness (QED) is 0.543. The maximum atomic E-state index is 12.5. The normalized spacial score (nSPS) is 16.0. The summed E-state index contributed by atoms with van der Waals surface area (Å²) in [6.45, 7) is 0.407. The van der Waals surface area contributed by atoms with Crippen molar-refractivity contribution in [2.75, 3.05) is 31.7 Å². The largest absolute Gasteiger partial charge is 0.487 e. The van der Waals surface area contributed by atoms with Gasteiger partial charge in [-0.2, -0.15) is 0 Å². The third-order valence-corrected chi connectivity index (χ3v) is 4.87. The maximum Gasteiger partial charge on any atom is 0.410 e. The fourth-order valence-electron chi connectivity index (χ4n) is 3.24. The molecule has 0 radical (unpaired) electrons. The molecule has 3 heterocycles. The summed E-state index contributed by atoms with van der Waals surface area (Å²) < 4.78 is 23.6. The van der Waals surface area contributed by atoms with Gasteiger partial charge in [-0.15, -0.1) is 0 Å². The molecule has 1 unspecified atom stereocenters. The number of hydrogen-bond acceptors (Lipinski definition) is 6. The standard InChI is InChI=1S/C21H20ClFN4O3/c22-18-10-16(25-11-14-4-2-1-3-5-14)19-20(26-18)17(6-8-24-19)29-13-15-12-27(9-7-23)21(28)30-15/h1-6,8,10,15H,7,9,11-13H2,(H,25,26). The fourth-order valence-corrected chi connectivity index (χ4v) is 3.43. The van der Waals surface area contributed by atoms with Crippen molar-refractivity contribution in [3.05, 3.63) is 59.4 Å². The van der Waals surface area contributed by atoms with Crippen LogP contribution in [0.25, 0.3) is 11.0 Å². The van der Waals surface area contributed by atoms with Crippen molar-refractivity contribution in [2.24, 2.45) is 0 Å². The van der Waals surface area contributed by atoms with E-state index in [4.69, 9.17) is 21.1 Å². The predicted molar refractivity (Wildman–Crippen MR) is 112 cm³/mol. The number of benzene rings is 1. The molecule has 4 rings (SSSR count). The Labute approximate surface area is 177 Å². The highest BCUT2D eigenvalue weighted by Gasteiger charge is 2.31. The van der Waals surface area contributed by atoms with Crippen LogP contribution in [-0.2, 0) is 11.3 Å². The van der Waals surface area contributed by atoms with Crippen LogP contribution in [0.5, 0.6) is 5.75 Å². The summed E-state index contributed by atoms with van der Waals surface area (Å²) in [5, 5.41) is 3.64. The summed E-state index contributed by atoms with van der Waals surface area (Å²) >= 11 is 6.23. The monoisotopic (exact) mass is 430 g/mol. The fraction of sp³-hybridized carbons (Fsp3) is 0.286. The number of fused-ring (bicyclic) bond motifs is 1. The van der Waals surface area contributed by atoms with Gasteiger partial charge >= 0.3 is 6.09 Å². The van der Waals surface area contributed by atoms with Crippen molar-refractivity contribution >= 4 is 34.4 Å². The number of nitrogens with zero attached hydrogens (tertiary/aromatic N) is 3. The lowest BCUT2D eigenvalue weighted by molar-refractivity contribution is 0.103. The van der Waals surface area contributed by atoms with E-state index in [2.05, 4.69) is 15.3 Å². The molecule has 1 N–H and O–H groups in total. The summed E-state index contributed by atoms with van der Waals surface area (Å²) in [5.41, 5.74) is 2.98. The highest BCUT2D eigenvalue weighted by Crippen LogP contribution is 2.30. The molecular weight excluding hydrogens is 411 g/mol. The molecule has 0 saturated carbocycles. The van der Waals surface area contributed by atoms with Gasteiger partial charge in [-0.1, -0.05) is 41.9 Å². The first-order valence-electron chi connectivity index (χ1n) is 9.51. The minimum absolute atomic E-state index is 0.0150. The van der Waals surface area contributed by atoms with Crippen LogP contribution in [0.3, 0.4) is 0 Å². The number of aromatic nitrogens is 2. The molecule has 9 heteroatoms. The van der Waals surface area contributed by atoms with Gasteiger partial charge < -0.3 is 19.7 Å². The first-order chi connectivity index (χ1) is 14.6. The summed E-state index contributed by atoms with van der Waals surface area (Å²) in [7, 11) is 0. The molecule has 0 bridgehead atoms. The Morgan fingerprint density at radius 1 is 1.27 bits per heavy atom. The zero-order valence-corrected chi connectivity index (χ0v) is 16.8. The van der Waals surface area contributed by atoms with Crippen LogP contribution in [0.2, 0.25) is 5.15 Å².